The molecule has 0 bridgehead atoms. The van der Waals surface area contributed by atoms with Crippen LogP contribution in [0.5, 0.6) is 0 Å². The Morgan fingerprint density at radius 2 is 2.00 bits per heavy atom. The molecule has 2 atom stereocenters. The largest absolute Gasteiger partial charge is 0.229 e. The first-order valence-electron chi connectivity index (χ1n) is 4.21. The van der Waals surface area contributed by atoms with Crippen LogP contribution in [0, 0.1) is 6.92 Å². The molecule has 1 aromatic heterocycles. The molecular weight excluding hydrogens is 240 g/mol. The maximum absolute atomic E-state index is 11.3. The van der Waals surface area contributed by atoms with Crippen LogP contribution in [-0.4, -0.2) is 19.9 Å². The lowest BCUT2D eigenvalue weighted by Gasteiger charge is -2.14. The molecule has 80 valence electrons. The van der Waals surface area contributed by atoms with Crippen molar-refractivity contribution in [3.8, 4) is 0 Å². The molecule has 0 aliphatic carbocycles. The van der Waals surface area contributed by atoms with Gasteiger partial charge in [-0.1, -0.05) is 0 Å². The highest BCUT2D eigenvalue weighted by atomic mass is 35.5. The fraction of sp³-hybridized carbons (Fsp3) is 0.556. The number of rotatable bonds is 3. The van der Waals surface area contributed by atoms with E-state index in [0.29, 0.717) is 0 Å². The first-order chi connectivity index (χ1) is 6.32. The summed E-state index contributed by atoms with van der Waals surface area (Å²) in [7, 11) is -3.07. The summed E-state index contributed by atoms with van der Waals surface area (Å²) in [6, 6.07) is 3.84. The van der Waals surface area contributed by atoms with Gasteiger partial charge >= 0.3 is 0 Å². The molecular formula is C9H13ClO2S2. The van der Waals surface area contributed by atoms with Crippen molar-refractivity contribution < 1.29 is 8.42 Å². The Labute approximate surface area is 93.8 Å². The van der Waals surface area contributed by atoms with Crippen molar-refractivity contribution in [3.05, 3.63) is 21.9 Å². The topological polar surface area (TPSA) is 34.1 Å². The maximum Gasteiger partial charge on any atom is 0.151 e. The molecule has 2 unspecified atom stereocenters. The summed E-state index contributed by atoms with van der Waals surface area (Å²) in [6.07, 6.45) is 1.22. The molecule has 0 N–H and O–H groups in total. The van der Waals surface area contributed by atoms with E-state index < -0.39 is 20.5 Å². The number of aryl methyl sites for hydroxylation is 1. The van der Waals surface area contributed by atoms with Gasteiger partial charge < -0.3 is 0 Å². The van der Waals surface area contributed by atoms with Gasteiger partial charge in [-0.15, -0.1) is 22.9 Å². The normalized spacial score (nSPS) is 16.6. The quantitative estimate of drug-likeness (QED) is 0.776. The number of thiophene rings is 1. The molecule has 0 radical (unpaired) electrons. The van der Waals surface area contributed by atoms with Gasteiger partial charge in [0.15, 0.2) is 9.84 Å². The van der Waals surface area contributed by atoms with E-state index in [0.717, 1.165) is 9.75 Å². The molecule has 1 rings (SSSR count). The summed E-state index contributed by atoms with van der Waals surface area (Å²) >= 11 is 7.63. The Morgan fingerprint density at radius 1 is 1.43 bits per heavy atom. The Balaban J connectivity index is 2.91. The molecule has 1 heterocycles. The number of halogens is 1. The van der Waals surface area contributed by atoms with Crippen molar-refractivity contribution in [2.75, 3.05) is 6.26 Å². The van der Waals surface area contributed by atoms with Crippen molar-refractivity contribution in [1.82, 2.24) is 0 Å². The predicted octanol–water partition coefficient (Wildman–Crippen LogP) is 2.77. The molecule has 14 heavy (non-hydrogen) atoms. The van der Waals surface area contributed by atoms with E-state index in [1.54, 1.807) is 18.3 Å². The third-order valence-corrected chi connectivity index (χ3v) is 5.72. The minimum absolute atomic E-state index is 0.441. The first kappa shape index (κ1) is 12.0. The molecule has 0 fully saturated rings. The monoisotopic (exact) mass is 252 g/mol. The second-order valence-corrected chi connectivity index (χ2v) is 7.58. The summed E-state index contributed by atoms with van der Waals surface area (Å²) in [5.41, 5.74) is 0. The Morgan fingerprint density at radius 3 is 2.36 bits per heavy atom. The number of alkyl halides is 1. The fourth-order valence-corrected chi connectivity index (χ4v) is 3.44. The molecule has 0 saturated heterocycles. The molecule has 1 aromatic rings. The van der Waals surface area contributed by atoms with Crippen LogP contribution < -0.4 is 0 Å². The van der Waals surface area contributed by atoms with E-state index in [2.05, 4.69) is 0 Å². The predicted molar refractivity (Wildman–Crippen MR) is 62.0 cm³/mol. The van der Waals surface area contributed by atoms with Gasteiger partial charge in [0.1, 0.15) is 0 Å². The van der Waals surface area contributed by atoms with Crippen LogP contribution in [0.3, 0.4) is 0 Å². The lowest BCUT2D eigenvalue weighted by molar-refractivity contribution is 0.587. The summed E-state index contributed by atoms with van der Waals surface area (Å²) in [4.78, 5) is 2.06. The molecule has 0 saturated carbocycles. The molecule has 2 nitrogen and oxygen atoms in total. The summed E-state index contributed by atoms with van der Waals surface area (Å²) < 4.78 is 22.5. The maximum atomic E-state index is 11.3. The van der Waals surface area contributed by atoms with Gasteiger partial charge in [0.25, 0.3) is 0 Å². The van der Waals surface area contributed by atoms with Crippen LogP contribution in [0.4, 0.5) is 0 Å². The van der Waals surface area contributed by atoms with Crippen LogP contribution >= 0.6 is 22.9 Å². The van der Waals surface area contributed by atoms with Gasteiger partial charge in [-0.3, -0.25) is 0 Å². The van der Waals surface area contributed by atoms with Crippen LogP contribution in [0.2, 0.25) is 0 Å². The van der Waals surface area contributed by atoms with Crippen LogP contribution in [0.25, 0.3) is 0 Å². The molecule has 0 spiro atoms. The smallest absolute Gasteiger partial charge is 0.151 e. The summed E-state index contributed by atoms with van der Waals surface area (Å²) in [5.74, 6) is 0. The van der Waals surface area contributed by atoms with Crippen molar-refractivity contribution in [1.29, 1.82) is 0 Å². The highest BCUT2D eigenvalue weighted by Gasteiger charge is 2.26. The van der Waals surface area contributed by atoms with E-state index in [4.69, 9.17) is 11.6 Å². The fourth-order valence-electron chi connectivity index (χ4n) is 1.05. The second-order valence-electron chi connectivity index (χ2n) is 3.38. The summed E-state index contributed by atoms with van der Waals surface area (Å²) in [6.45, 7) is 3.62. The van der Waals surface area contributed by atoms with Gasteiger partial charge in [0.2, 0.25) is 0 Å². The van der Waals surface area contributed by atoms with Crippen molar-refractivity contribution in [3.63, 3.8) is 0 Å². The number of hydrogen-bond donors (Lipinski definition) is 0. The van der Waals surface area contributed by atoms with Gasteiger partial charge in [0, 0.05) is 16.0 Å². The molecule has 0 aliphatic rings. The molecule has 0 aliphatic heterocycles. The van der Waals surface area contributed by atoms with Crippen LogP contribution in [0.15, 0.2) is 12.1 Å². The van der Waals surface area contributed by atoms with E-state index in [1.807, 2.05) is 19.1 Å². The summed E-state index contributed by atoms with van der Waals surface area (Å²) in [5, 5.41) is -0.981. The average molecular weight is 253 g/mol. The van der Waals surface area contributed by atoms with Crippen LogP contribution in [-0.2, 0) is 9.84 Å². The van der Waals surface area contributed by atoms with Gasteiger partial charge in [-0.25, -0.2) is 8.42 Å². The van der Waals surface area contributed by atoms with Crippen LogP contribution in [0.1, 0.15) is 22.1 Å². The minimum atomic E-state index is -3.07. The van der Waals surface area contributed by atoms with E-state index >= 15 is 0 Å². The van der Waals surface area contributed by atoms with E-state index in [-0.39, 0.29) is 0 Å². The lowest BCUT2D eigenvalue weighted by atomic mass is 10.3. The Kier molecular flexibility index (Phi) is 3.61. The SMILES string of the molecule is Cc1ccc(C(Cl)C(C)S(C)(=O)=O)s1. The highest BCUT2D eigenvalue weighted by molar-refractivity contribution is 7.91. The van der Waals surface area contributed by atoms with Gasteiger partial charge in [-0.05, 0) is 26.0 Å². The lowest BCUT2D eigenvalue weighted by Crippen LogP contribution is -2.20. The Bertz CT molecular complexity index is 408. The zero-order valence-electron chi connectivity index (χ0n) is 8.32. The molecule has 0 aromatic carbocycles. The highest BCUT2D eigenvalue weighted by Crippen LogP contribution is 2.32. The first-order valence-corrected chi connectivity index (χ1v) is 7.42. The van der Waals surface area contributed by atoms with Gasteiger partial charge in [-0.2, -0.15) is 0 Å². The van der Waals surface area contributed by atoms with Gasteiger partial charge in [0.05, 0.1) is 10.6 Å². The third-order valence-electron chi connectivity index (χ3n) is 2.12. The molecule has 0 amide bonds. The zero-order chi connectivity index (χ0) is 10.9. The third kappa shape index (κ3) is 2.72. The zero-order valence-corrected chi connectivity index (χ0v) is 10.7. The van der Waals surface area contributed by atoms with E-state index in [1.165, 1.54) is 6.26 Å². The number of sulfone groups is 1. The standard InChI is InChI=1S/C9H13ClO2S2/c1-6-4-5-8(13-6)9(10)7(2)14(3,11)12/h4-5,7,9H,1-3H3. The van der Waals surface area contributed by atoms with Crippen molar-refractivity contribution in [2.45, 2.75) is 24.5 Å². The molecule has 5 heteroatoms. The Hall–Kier alpha value is -0.0600. The van der Waals surface area contributed by atoms with E-state index in [9.17, 15) is 8.42 Å². The number of hydrogen-bond acceptors (Lipinski definition) is 3. The van der Waals surface area contributed by atoms with Crippen molar-refractivity contribution >= 4 is 32.8 Å². The van der Waals surface area contributed by atoms with Crippen molar-refractivity contribution in [2.24, 2.45) is 0 Å². The minimum Gasteiger partial charge on any atom is -0.229 e. The average Bonchev–Trinajstić information content (AvgIpc) is 2.47. The second kappa shape index (κ2) is 4.21.